The highest BCUT2D eigenvalue weighted by Gasteiger charge is 2.19. The van der Waals surface area contributed by atoms with Gasteiger partial charge in [-0.3, -0.25) is 14.6 Å². The van der Waals surface area contributed by atoms with Crippen LogP contribution in [-0.2, 0) is 11.8 Å². The van der Waals surface area contributed by atoms with Gasteiger partial charge in [0.1, 0.15) is 5.75 Å². The predicted octanol–water partition coefficient (Wildman–Crippen LogP) is 1.63. The van der Waals surface area contributed by atoms with Gasteiger partial charge in [-0.1, -0.05) is 23.5 Å². The summed E-state index contributed by atoms with van der Waals surface area (Å²) in [4.78, 5) is 28.7. The van der Waals surface area contributed by atoms with Crippen LogP contribution in [-0.4, -0.2) is 56.9 Å². The number of nitrogens with zero attached hydrogens (tertiary/aromatic N) is 4. The molecule has 11 heteroatoms. The Morgan fingerprint density at radius 3 is 2.72 bits per heavy atom. The van der Waals surface area contributed by atoms with Crippen molar-refractivity contribution in [3.63, 3.8) is 0 Å². The highest BCUT2D eigenvalue weighted by atomic mass is 32.2. The molecule has 9 nitrogen and oxygen atoms in total. The van der Waals surface area contributed by atoms with Crippen molar-refractivity contribution >= 4 is 40.5 Å². The number of carbonyl (C=O) groups is 2. The van der Waals surface area contributed by atoms with E-state index in [1.165, 1.54) is 23.5 Å². The lowest BCUT2D eigenvalue weighted by atomic mass is 10.2. The average Bonchev–Trinajstić information content (AvgIpc) is 3.36. The molecular weight excluding hydrogens is 412 g/mol. The minimum Gasteiger partial charge on any atom is -0.497 e. The van der Waals surface area contributed by atoms with Gasteiger partial charge >= 0.3 is 0 Å². The van der Waals surface area contributed by atoms with Gasteiger partial charge in [0.25, 0.3) is 5.91 Å². The molecule has 0 saturated heterocycles. The largest absolute Gasteiger partial charge is 0.497 e. The van der Waals surface area contributed by atoms with Gasteiger partial charge in [-0.15, -0.1) is 10.2 Å². The van der Waals surface area contributed by atoms with Crippen LogP contribution < -0.4 is 15.4 Å². The Labute approximate surface area is 177 Å². The van der Waals surface area contributed by atoms with Crippen LogP contribution >= 0.6 is 23.5 Å². The number of amides is 2. The van der Waals surface area contributed by atoms with E-state index in [0.717, 1.165) is 12.3 Å². The number of aromatic nitrogens is 3. The standard InChI is InChI=1S/C18H22N6O3S2/c1-11(20-16(26)12-4-6-13(27-3)7-5-12)15-22-23-18(24(15)2)29-10-14(25)21-17-19-8-9-28-17/h4-7,11H,8-10H2,1-3H3,(H,20,26)(H,19,21,25)/t11-/m0/s1. The maximum Gasteiger partial charge on any atom is 0.251 e. The van der Waals surface area contributed by atoms with E-state index >= 15 is 0 Å². The Hall–Kier alpha value is -2.53. The molecule has 1 aliphatic heterocycles. The van der Waals surface area contributed by atoms with E-state index in [-0.39, 0.29) is 23.6 Å². The van der Waals surface area contributed by atoms with Gasteiger partial charge in [0.05, 0.1) is 25.4 Å². The lowest BCUT2D eigenvalue weighted by Crippen LogP contribution is -2.29. The molecule has 2 N–H and O–H groups in total. The van der Waals surface area contributed by atoms with Crippen LogP contribution in [0.1, 0.15) is 29.1 Å². The van der Waals surface area contributed by atoms with Crippen LogP contribution in [0.2, 0.25) is 0 Å². The number of rotatable bonds is 7. The third kappa shape index (κ3) is 5.51. The summed E-state index contributed by atoms with van der Waals surface area (Å²) in [5.74, 6) is 2.05. The Morgan fingerprint density at radius 2 is 2.07 bits per heavy atom. The molecule has 0 spiro atoms. The first-order chi connectivity index (χ1) is 14.0. The number of thioether (sulfide) groups is 2. The van der Waals surface area contributed by atoms with Gasteiger partial charge in [-0.2, -0.15) is 0 Å². The Balaban J connectivity index is 1.55. The quantitative estimate of drug-likeness (QED) is 0.637. The highest BCUT2D eigenvalue weighted by Crippen LogP contribution is 2.20. The SMILES string of the molecule is COc1ccc(C(=O)N[C@@H](C)c2nnc(SCC(=O)NC3=NCCS3)n2C)cc1. The normalized spacial score (nSPS) is 14.2. The molecule has 3 rings (SSSR count). The van der Waals surface area contributed by atoms with E-state index in [0.29, 0.717) is 27.5 Å². The van der Waals surface area contributed by atoms with E-state index in [2.05, 4.69) is 25.8 Å². The first-order valence-corrected chi connectivity index (χ1v) is 10.9. The van der Waals surface area contributed by atoms with E-state index in [9.17, 15) is 9.59 Å². The van der Waals surface area contributed by atoms with Gasteiger partial charge in [-0.05, 0) is 31.2 Å². The first-order valence-electron chi connectivity index (χ1n) is 8.92. The summed E-state index contributed by atoms with van der Waals surface area (Å²) >= 11 is 2.82. The van der Waals surface area contributed by atoms with Crippen LogP contribution in [0.15, 0.2) is 34.4 Å². The number of ether oxygens (including phenoxy) is 1. The van der Waals surface area contributed by atoms with Crippen LogP contribution in [0.5, 0.6) is 5.75 Å². The number of methoxy groups -OCH3 is 1. The molecule has 1 aromatic heterocycles. The lowest BCUT2D eigenvalue weighted by molar-refractivity contribution is -0.117. The van der Waals surface area contributed by atoms with Gasteiger partial charge in [0.2, 0.25) is 5.91 Å². The second-order valence-corrected chi connectivity index (χ2v) is 8.22. The van der Waals surface area contributed by atoms with Gasteiger partial charge in [-0.25, -0.2) is 0 Å². The Morgan fingerprint density at radius 1 is 1.31 bits per heavy atom. The summed E-state index contributed by atoms with van der Waals surface area (Å²) in [5.41, 5.74) is 0.527. The molecule has 2 heterocycles. The van der Waals surface area contributed by atoms with E-state index in [4.69, 9.17) is 4.74 Å². The number of hydrogen-bond acceptors (Lipinski definition) is 8. The van der Waals surface area contributed by atoms with E-state index < -0.39 is 0 Å². The molecule has 2 aromatic rings. The topological polar surface area (TPSA) is 110 Å². The van der Waals surface area contributed by atoms with Gasteiger partial charge < -0.3 is 19.9 Å². The summed E-state index contributed by atoms with van der Waals surface area (Å²) < 4.78 is 6.88. The van der Waals surface area contributed by atoms with Crippen molar-refractivity contribution in [1.29, 1.82) is 0 Å². The van der Waals surface area contributed by atoms with Crippen LogP contribution in [0, 0.1) is 0 Å². The average molecular weight is 435 g/mol. The van der Waals surface area contributed by atoms with Crippen molar-refractivity contribution < 1.29 is 14.3 Å². The third-order valence-electron chi connectivity index (χ3n) is 4.12. The van der Waals surface area contributed by atoms with Crippen molar-refractivity contribution in [2.45, 2.75) is 18.1 Å². The molecular formula is C18H22N6O3S2. The minimum absolute atomic E-state index is 0.131. The minimum atomic E-state index is -0.352. The van der Waals surface area contributed by atoms with Gasteiger partial charge in [0, 0.05) is 18.4 Å². The van der Waals surface area contributed by atoms with Crippen molar-refractivity contribution in [3.05, 3.63) is 35.7 Å². The molecule has 0 saturated carbocycles. The fourth-order valence-electron chi connectivity index (χ4n) is 2.61. The van der Waals surface area contributed by atoms with Gasteiger partial charge in [0.15, 0.2) is 16.1 Å². The Bertz CT molecular complexity index is 913. The number of aliphatic imine (C=N–C) groups is 1. The van der Waals surface area contributed by atoms with Crippen LogP contribution in [0.4, 0.5) is 0 Å². The molecule has 1 aliphatic rings. The van der Waals surface area contributed by atoms with Crippen LogP contribution in [0.3, 0.4) is 0 Å². The lowest BCUT2D eigenvalue weighted by Gasteiger charge is -2.14. The van der Waals surface area contributed by atoms with Crippen LogP contribution in [0.25, 0.3) is 0 Å². The molecule has 0 unspecified atom stereocenters. The number of hydrogen-bond donors (Lipinski definition) is 2. The fourth-order valence-corrected chi connectivity index (χ4v) is 4.07. The van der Waals surface area contributed by atoms with Crippen molar-refractivity contribution in [3.8, 4) is 5.75 Å². The monoisotopic (exact) mass is 434 g/mol. The molecule has 2 amide bonds. The summed E-state index contributed by atoms with van der Waals surface area (Å²) in [6, 6.07) is 6.51. The maximum absolute atomic E-state index is 12.4. The number of carbonyl (C=O) groups excluding carboxylic acids is 2. The molecule has 0 aliphatic carbocycles. The summed E-state index contributed by atoms with van der Waals surface area (Å²) in [6.07, 6.45) is 0. The number of nitrogens with one attached hydrogen (secondary N) is 2. The molecule has 154 valence electrons. The Kier molecular flexibility index (Phi) is 7.15. The highest BCUT2D eigenvalue weighted by molar-refractivity contribution is 8.14. The molecule has 1 atom stereocenters. The van der Waals surface area contributed by atoms with Crippen molar-refractivity contribution in [1.82, 2.24) is 25.4 Å². The summed E-state index contributed by atoms with van der Waals surface area (Å²) in [6.45, 7) is 2.57. The third-order valence-corrected chi connectivity index (χ3v) is 6.03. The maximum atomic E-state index is 12.4. The second kappa shape index (κ2) is 9.79. The summed E-state index contributed by atoms with van der Waals surface area (Å²) in [7, 11) is 3.38. The predicted molar refractivity (Wildman–Crippen MR) is 114 cm³/mol. The van der Waals surface area contributed by atoms with Crippen molar-refractivity contribution in [2.75, 3.05) is 25.2 Å². The number of benzene rings is 1. The van der Waals surface area contributed by atoms with Crippen molar-refractivity contribution in [2.24, 2.45) is 12.0 Å². The smallest absolute Gasteiger partial charge is 0.251 e. The van der Waals surface area contributed by atoms with E-state index in [1.807, 2.05) is 14.0 Å². The molecule has 1 aromatic carbocycles. The summed E-state index contributed by atoms with van der Waals surface area (Å²) in [5, 5.41) is 15.3. The zero-order chi connectivity index (χ0) is 20.8. The molecule has 0 bridgehead atoms. The molecule has 29 heavy (non-hydrogen) atoms. The zero-order valence-electron chi connectivity index (χ0n) is 16.3. The zero-order valence-corrected chi connectivity index (χ0v) is 18.0. The second-order valence-electron chi connectivity index (χ2n) is 6.20. The molecule has 0 radical (unpaired) electrons. The van der Waals surface area contributed by atoms with E-state index in [1.54, 1.807) is 35.9 Å². The fraction of sp³-hybridized carbons (Fsp3) is 0.389. The first kappa shape index (κ1) is 21.2. The molecule has 0 fully saturated rings. The number of amidine groups is 1.